The molecule has 0 heterocycles. The van der Waals surface area contributed by atoms with E-state index in [2.05, 4.69) is 10.6 Å². The van der Waals surface area contributed by atoms with Crippen molar-refractivity contribution in [1.29, 1.82) is 0 Å². The number of carboxylic acid groups (broad SMARTS) is 1. The molecule has 0 radical (unpaired) electrons. The van der Waals surface area contributed by atoms with Crippen molar-refractivity contribution in [1.82, 2.24) is 10.6 Å². The molecule has 62 valence electrons. The summed E-state index contributed by atoms with van der Waals surface area (Å²) in [4.78, 5) is 20.4. The fraction of sp³-hybridized carbons (Fsp3) is 0.333. The average molecular weight is 158 g/mol. The molecule has 0 spiro atoms. The fourth-order valence-electron chi connectivity index (χ4n) is 0.400. The van der Waals surface area contributed by atoms with Gasteiger partial charge in [0.05, 0.1) is 0 Å². The summed E-state index contributed by atoms with van der Waals surface area (Å²) in [5, 5.41) is 12.8. The molecule has 0 saturated carbocycles. The van der Waals surface area contributed by atoms with Crippen LogP contribution in [0.1, 0.15) is 0 Å². The number of hydrogen-bond acceptors (Lipinski definition) is 2. The molecule has 2 amide bonds. The van der Waals surface area contributed by atoms with Crippen molar-refractivity contribution in [2.24, 2.45) is 0 Å². The molecule has 0 aliphatic rings. The highest BCUT2D eigenvalue weighted by Gasteiger charge is 1.90. The van der Waals surface area contributed by atoms with Gasteiger partial charge in [0.2, 0.25) is 0 Å². The van der Waals surface area contributed by atoms with Crippen molar-refractivity contribution >= 4 is 12.0 Å². The summed E-state index contributed by atoms with van der Waals surface area (Å²) in [6.45, 7) is 0.214. The number of carboxylic acids is 1. The third kappa shape index (κ3) is 6.36. The number of aliphatic carboxylic acids is 1. The number of nitrogens with one attached hydrogen (secondary N) is 2. The van der Waals surface area contributed by atoms with Gasteiger partial charge in [-0.15, -0.1) is 0 Å². The zero-order chi connectivity index (χ0) is 8.69. The third-order valence-corrected chi connectivity index (χ3v) is 0.868. The molecule has 5 heteroatoms. The molecule has 0 atom stereocenters. The Morgan fingerprint density at radius 1 is 1.55 bits per heavy atom. The molecule has 0 aliphatic carbocycles. The van der Waals surface area contributed by atoms with Crippen molar-refractivity contribution in [2.45, 2.75) is 0 Å². The van der Waals surface area contributed by atoms with E-state index in [9.17, 15) is 9.59 Å². The van der Waals surface area contributed by atoms with E-state index < -0.39 is 5.97 Å². The van der Waals surface area contributed by atoms with Crippen LogP contribution in [0.4, 0.5) is 4.79 Å². The Morgan fingerprint density at radius 3 is 2.64 bits per heavy atom. The molecule has 0 aliphatic heterocycles. The maximum Gasteiger partial charge on any atom is 0.328 e. The van der Waals surface area contributed by atoms with E-state index >= 15 is 0 Å². The summed E-state index contributed by atoms with van der Waals surface area (Å²) < 4.78 is 0. The minimum absolute atomic E-state index is 0.214. The Kier molecular flexibility index (Phi) is 4.55. The predicted molar refractivity (Wildman–Crippen MR) is 39.2 cm³/mol. The monoisotopic (exact) mass is 158 g/mol. The first-order chi connectivity index (χ1) is 5.16. The van der Waals surface area contributed by atoms with E-state index in [1.54, 1.807) is 0 Å². The van der Waals surface area contributed by atoms with E-state index in [4.69, 9.17) is 5.11 Å². The van der Waals surface area contributed by atoms with E-state index in [0.29, 0.717) is 0 Å². The maximum absolute atomic E-state index is 10.5. The van der Waals surface area contributed by atoms with E-state index in [1.165, 1.54) is 13.1 Å². The van der Waals surface area contributed by atoms with Crippen LogP contribution >= 0.6 is 0 Å². The highest BCUT2D eigenvalue weighted by atomic mass is 16.4. The van der Waals surface area contributed by atoms with Gasteiger partial charge in [-0.25, -0.2) is 9.59 Å². The Labute approximate surface area is 64.1 Å². The summed E-state index contributed by atoms with van der Waals surface area (Å²) >= 11 is 0. The zero-order valence-corrected chi connectivity index (χ0v) is 6.13. The van der Waals surface area contributed by atoms with E-state index in [-0.39, 0.29) is 12.6 Å². The molecule has 5 nitrogen and oxygen atoms in total. The van der Waals surface area contributed by atoms with Gasteiger partial charge in [-0.2, -0.15) is 0 Å². The normalized spacial score (nSPS) is 9.55. The molecule has 0 fully saturated rings. The first-order valence-corrected chi connectivity index (χ1v) is 3.02. The van der Waals surface area contributed by atoms with Crippen LogP contribution < -0.4 is 10.6 Å². The van der Waals surface area contributed by atoms with Gasteiger partial charge in [-0.1, -0.05) is 6.08 Å². The quantitative estimate of drug-likeness (QED) is 0.487. The first-order valence-electron chi connectivity index (χ1n) is 3.02. The van der Waals surface area contributed by atoms with Crippen LogP contribution in [0.5, 0.6) is 0 Å². The summed E-state index contributed by atoms with van der Waals surface area (Å²) in [5.41, 5.74) is 0. The smallest absolute Gasteiger partial charge is 0.328 e. The fourth-order valence-corrected chi connectivity index (χ4v) is 0.400. The van der Waals surface area contributed by atoms with Crippen molar-refractivity contribution in [3.63, 3.8) is 0 Å². The Balaban J connectivity index is 3.41. The second kappa shape index (κ2) is 5.28. The van der Waals surface area contributed by atoms with Gasteiger partial charge in [0.1, 0.15) is 0 Å². The van der Waals surface area contributed by atoms with Crippen LogP contribution in [0.15, 0.2) is 12.2 Å². The van der Waals surface area contributed by atoms with Crippen LogP contribution in [0.3, 0.4) is 0 Å². The van der Waals surface area contributed by atoms with Crippen molar-refractivity contribution in [2.75, 3.05) is 13.6 Å². The Bertz CT molecular complexity index is 177. The predicted octanol–water partition coefficient (Wildman–Crippen LogP) is -0.444. The van der Waals surface area contributed by atoms with Gasteiger partial charge in [0.15, 0.2) is 0 Å². The van der Waals surface area contributed by atoms with Gasteiger partial charge in [-0.3, -0.25) is 0 Å². The zero-order valence-electron chi connectivity index (χ0n) is 6.13. The Morgan fingerprint density at radius 2 is 2.18 bits per heavy atom. The molecule has 0 aromatic carbocycles. The maximum atomic E-state index is 10.5. The number of carbonyl (C=O) groups excluding carboxylic acids is 1. The van der Waals surface area contributed by atoms with Gasteiger partial charge in [0.25, 0.3) is 0 Å². The largest absolute Gasteiger partial charge is 0.478 e. The highest BCUT2D eigenvalue weighted by Crippen LogP contribution is 1.70. The molecule has 0 aromatic rings. The number of hydrogen-bond donors (Lipinski definition) is 3. The van der Waals surface area contributed by atoms with Crippen molar-refractivity contribution in [3.8, 4) is 0 Å². The highest BCUT2D eigenvalue weighted by molar-refractivity contribution is 5.80. The molecule has 3 N–H and O–H groups in total. The van der Waals surface area contributed by atoms with Gasteiger partial charge < -0.3 is 15.7 Å². The van der Waals surface area contributed by atoms with Gasteiger partial charge in [-0.05, 0) is 0 Å². The minimum Gasteiger partial charge on any atom is -0.478 e. The molecule has 0 aromatic heterocycles. The van der Waals surface area contributed by atoms with E-state index in [0.717, 1.165) is 6.08 Å². The second-order valence-electron chi connectivity index (χ2n) is 1.70. The summed E-state index contributed by atoms with van der Waals surface area (Å²) in [7, 11) is 1.48. The summed E-state index contributed by atoms with van der Waals surface area (Å²) in [5.74, 6) is -1.02. The lowest BCUT2D eigenvalue weighted by Gasteiger charge is -1.97. The number of urea groups is 1. The summed E-state index contributed by atoms with van der Waals surface area (Å²) in [6.07, 6.45) is 2.31. The van der Waals surface area contributed by atoms with Crippen LogP contribution in [-0.4, -0.2) is 30.7 Å². The van der Waals surface area contributed by atoms with Gasteiger partial charge in [0, 0.05) is 19.7 Å². The number of rotatable bonds is 3. The topological polar surface area (TPSA) is 78.4 Å². The van der Waals surface area contributed by atoms with Crippen molar-refractivity contribution < 1.29 is 14.7 Å². The van der Waals surface area contributed by atoms with Crippen LogP contribution in [-0.2, 0) is 4.79 Å². The summed E-state index contributed by atoms with van der Waals surface area (Å²) in [6, 6.07) is -0.333. The third-order valence-electron chi connectivity index (χ3n) is 0.868. The minimum atomic E-state index is -1.02. The molecule has 0 saturated heterocycles. The Hall–Kier alpha value is -1.52. The van der Waals surface area contributed by atoms with Crippen molar-refractivity contribution in [3.05, 3.63) is 12.2 Å². The van der Waals surface area contributed by atoms with Crippen LogP contribution in [0, 0.1) is 0 Å². The second-order valence-corrected chi connectivity index (χ2v) is 1.70. The lowest BCUT2D eigenvalue weighted by Crippen LogP contribution is -2.32. The molecule has 0 rings (SSSR count). The van der Waals surface area contributed by atoms with E-state index in [1.807, 2.05) is 0 Å². The molecule has 11 heavy (non-hydrogen) atoms. The first kappa shape index (κ1) is 9.48. The number of amides is 2. The average Bonchev–Trinajstić information content (AvgIpc) is 1.97. The van der Waals surface area contributed by atoms with Crippen LogP contribution in [0.25, 0.3) is 0 Å². The molecular weight excluding hydrogens is 148 g/mol. The van der Waals surface area contributed by atoms with Gasteiger partial charge >= 0.3 is 12.0 Å². The standard InChI is InChI=1S/C6H10N2O3/c1-7-6(11)8-4-2-3-5(9)10/h2-3H,4H2,1H3,(H,9,10)(H2,7,8,11)/b3-2+. The SMILES string of the molecule is CNC(=O)NC/C=C/C(=O)O. The lowest BCUT2D eigenvalue weighted by atomic mass is 10.5. The number of carbonyl (C=O) groups is 2. The molecular formula is C6H10N2O3. The van der Waals surface area contributed by atoms with Crippen LogP contribution in [0.2, 0.25) is 0 Å². The molecule has 0 bridgehead atoms. The lowest BCUT2D eigenvalue weighted by molar-refractivity contribution is -0.131. The molecule has 0 unspecified atom stereocenters.